The first-order valence-corrected chi connectivity index (χ1v) is 8.39. The van der Waals surface area contributed by atoms with Crippen LogP contribution in [-0.4, -0.2) is 38.4 Å². The van der Waals surface area contributed by atoms with Crippen molar-refractivity contribution < 1.29 is 8.42 Å². The predicted octanol–water partition coefficient (Wildman–Crippen LogP) is 2.13. The van der Waals surface area contributed by atoms with E-state index in [1.807, 2.05) is 0 Å². The second-order valence-corrected chi connectivity index (χ2v) is 7.51. The standard InChI is InChI=1S/C13H17ClN2O2S.ClH/c14-11-3-1-2-4-13(11)19(17,18)16-8-6-12-10(9-16)5-7-15-12;/h1-4,10,12,15H,5-9H2;1H. The van der Waals surface area contributed by atoms with Gasteiger partial charge in [0, 0.05) is 19.1 Å². The van der Waals surface area contributed by atoms with Crippen LogP contribution in [0.25, 0.3) is 0 Å². The maximum Gasteiger partial charge on any atom is 0.244 e. The number of hydrogen-bond acceptors (Lipinski definition) is 3. The molecule has 0 saturated carbocycles. The Morgan fingerprint density at radius 1 is 1.25 bits per heavy atom. The van der Waals surface area contributed by atoms with E-state index in [1.54, 1.807) is 28.6 Å². The number of nitrogens with zero attached hydrogens (tertiary/aromatic N) is 1. The minimum absolute atomic E-state index is 0. The van der Waals surface area contributed by atoms with Gasteiger partial charge in [0.05, 0.1) is 5.02 Å². The lowest BCUT2D eigenvalue weighted by molar-refractivity contribution is 0.247. The van der Waals surface area contributed by atoms with Crippen LogP contribution in [0.3, 0.4) is 0 Å². The van der Waals surface area contributed by atoms with E-state index < -0.39 is 10.0 Å². The lowest BCUT2D eigenvalue weighted by atomic mass is 9.95. The van der Waals surface area contributed by atoms with Crippen LogP contribution in [0.4, 0.5) is 0 Å². The van der Waals surface area contributed by atoms with Crippen molar-refractivity contribution in [2.24, 2.45) is 5.92 Å². The van der Waals surface area contributed by atoms with Crippen LogP contribution in [0.2, 0.25) is 5.02 Å². The van der Waals surface area contributed by atoms with Gasteiger partial charge in [-0.3, -0.25) is 0 Å². The fourth-order valence-electron chi connectivity index (χ4n) is 3.03. The van der Waals surface area contributed by atoms with Crippen LogP contribution in [0, 0.1) is 5.92 Å². The van der Waals surface area contributed by atoms with Gasteiger partial charge >= 0.3 is 0 Å². The van der Waals surface area contributed by atoms with E-state index >= 15 is 0 Å². The Morgan fingerprint density at radius 3 is 2.75 bits per heavy atom. The van der Waals surface area contributed by atoms with Crippen molar-refractivity contribution in [3.63, 3.8) is 0 Å². The summed E-state index contributed by atoms with van der Waals surface area (Å²) in [7, 11) is -3.46. The molecule has 0 bridgehead atoms. The number of piperidine rings is 1. The third-order valence-corrected chi connectivity index (χ3v) is 6.44. The van der Waals surface area contributed by atoms with Crippen LogP contribution in [-0.2, 0) is 10.0 Å². The average molecular weight is 337 g/mol. The molecule has 3 rings (SSSR count). The van der Waals surface area contributed by atoms with E-state index in [-0.39, 0.29) is 17.3 Å². The molecule has 7 heteroatoms. The molecular formula is C13H18Cl2N2O2S. The molecule has 0 aromatic heterocycles. The summed E-state index contributed by atoms with van der Waals surface area (Å²) in [4.78, 5) is 0.223. The summed E-state index contributed by atoms with van der Waals surface area (Å²) in [5, 5.41) is 3.73. The molecule has 2 heterocycles. The summed E-state index contributed by atoms with van der Waals surface area (Å²) in [6, 6.07) is 7.14. The Hall–Kier alpha value is -0.330. The van der Waals surface area contributed by atoms with Crippen molar-refractivity contribution in [1.82, 2.24) is 9.62 Å². The molecule has 1 N–H and O–H groups in total. The summed E-state index contributed by atoms with van der Waals surface area (Å²) in [5.41, 5.74) is 0. The Morgan fingerprint density at radius 2 is 2.00 bits per heavy atom. The highest BCUT2D eigenvalue weighted by molar-refractivity contribution is 7.89. The molecule has 0 aliphatic carbocycles. The fourth-order valence-corrected chi connectivity index (χ4v) is 5.03. The SMILES string of the molecule is Cl.O=S(=O)(c1ccccc1Cl)N1CCC2NCCC2C1. The third-order valence-electron chi connectivity index (χ3n) is 4.07. The van der Waals surface area contributed by atoms with Gasteiger partial charge in [0.25, 0.3) is 0 Å². The molecule has 0 spiro atoms. The van der Waals surface area contributed by atoms with Crippen LogP contribution in [0.15, 0.2) is 29.2 Å². The second-order valence-electron chi connectivity index (χ2n) is 5.19. The molecule has 1 aromatic carbocycles. The molecule has 2 unspecified atom stereocenters. The Balaban J connectivity index is 0.00000147. The molecule has 2 aliphatic rings. The van der Waals surface area contributed by atoms with E-state index in [4.69, 9.17) is 11.6 Å². The molecule has 4 nitrogen and oxygen atoms in total. The van der Waals surface area contributed by atoms with Crippen LogP contribution < -0.4 is 5.32 Å². The molecule has 2 atom stereocenters. The van der Waals surface area contributed by atoms with Crippen molar-refractivity contribution in [1.29, 1.82) is 0 Å². The van der Waals surface area contributed by atoms with Gasteiger partial charge in [-0.15, -0.1) is 12.4 Å². The van der Waals surface area contributed by atoms with E-state index in [9.17, 15) is 8.42 Å². The van der Waals surface area contributed by atoms with Gasteiger partial charge in [-0.2, -0.15) is 4.31 Å². The van der Waals surface area contributed by atoms with Crippen molar-refractivity contribution in [3.05, 3.63) is 29.3 Å². The highest BCUT2D eigenvalue weighted by Gasteiger charge is 2.38. The average Bonchev–Trinajstić information content (AvgIpc) is 2.86. The van der Waals surface area contributed by atoms with Crippen LogP contribution in [0.5, 0.6) is 0 Å². The number of nitrogens with one attached hydrogen (secondary N) is 1. The van der Waals surface area contributed by atoms with Crippen LogP contribution in [0.1, 0.15) is 12.8 Å². The number of fused-ring (bicyclic) bond motifs is 1. The second kappa shape index (κ2) is 6.20. The van der Waals surface area contributed by atoms with Gasteiger partial charge in [0.1, 0.15) is 4.90 Å². The van der Waals surface area contributed by atoms with E-state index in [0.717, 1.165) is 19.4 Å². The van der Waals surface area contributed by atoms with Crippen molar-refractivity contribution in [2.45, 2.75) is 23.8 Å². The first kappa shape index (κ1) is 16.0. The number of rotatable bonds is 2. The van der Waals surface area contributed by atoms with Gasteiger partial charge in [0.15, 0.2) is 0 Å². The zero-order chi connectivity index (χ0) is 13.5. The van der Waals surface area contributed by atoms with Crippen LogP contribution >= 0.6 is 24.0 Å². The number of hydrogen-bond donors (Lipinski definition) is 1. The fraction of sp³-hybridized carbons (Fsp3) is 0.538. The summed E-state index contributed by atoms with van der Waals surface area (Å²) in [6.45, 7) is 2.17. The lowest BCUT2D eigenvalue weighted by Crippen LogP contribution is -2.46. The lowest BCUT2D eigenvalue weighted by Gasteiger charge is -2.34. The molecule has 112 valence electrons. The number of halogens is 2. The van der Waals surface area contributed by atoms with Crippen molar-refractivity contribution in [2.75, 3.05) is 19.6 Å². The molecule has 0 radical (unpaired) electrons. The molecule has 2 aliphatic heterocycles. The molecule has 0 amide bonds. The Labute approximate surface area is 131 Å². The van der Waals surface area contributed by atoms with Gasteiger partial charge in [0.2, 0.25) is 10.0 Å². The Bertz CT molecular complexity index is 579. The normalized spacial score (nSPS) is 26.9. The monoisotopic (exact) mass is 336 g/mol. The first-order valence-electron chi connectivity index (χ1n) is 6.57. The number of benzene rings is 1. The minimum Gasteiger partial charge on any atom is -0.314 e. The maximum atomic E-state index is 12.6. The third kappa shape index (κ3) is 2.83. The van der Waals surface area contributed by atoms with Gasteiger partial charge in [-0.1, -0.05) is 23.7 Å². The molecule has 2 saturated heterocycles. The van der Waals surface area contributed by atoms with Gasteiger partial charge in [-0.05, 0) is 37.4 Å². The zero-order valence-electron chi connectivity index (χ0n) is 11.0. The molecule has 2 fully saturated rings. The quantitative estimate of drug-likeness (QED) is 0.900. The van der Waals surface area contributed by atoms with Crippen molar-refractivity contribution >= 4 is 34.0 Å². The topological polar surface area (TPSA) is 49.4 Å². The smallest absolute Gasteiger partial charge is 0.244 e. The van der Waals surface area contributed by atoms with Gasteiger partial charge in [-0.25, -0.2) is 8.42 Å². The van der Waals surface area contributed by atoms with E-state index in [2.05, 4.69) is 5.32 Å². The van der Waals surface area contributed by atoms with E-state index in [0.29, 0.717) is 30.1 Å². The molecule has 1 aromatic rings. The van der Waals surface area contributed by atoms with Crippen molar-refractivity contribution in [3.8, 4) is 0 Å². The van der Waals surface area contributed by atoms with E-state index in [1.165, 1.54) is 0 Å². The summed E-state index contributed by atoms with van der Waals surface area (Å²) >= 11 is 6.02. The molecule has 20 heavy (non-hydrogen) atoms. The zero-order valence-corrected chi connectivity index (χ0v) is 13.3. The minimum atomic E-state index is -3.46. The number of sulfonamides is 1. The molecular weight excluding hydrogens is 319 g/mol. The summed E-state index contributed by atoms with van der Waals surface area (Å²) in [5.74, 6) is 0.436. The van der Waals surface area contributed by atoms with Gasteiger partial charge < -0.3 is 5.32 Å². The Kier molecular flexibility index (Phi) is 4.97. The summed E-state index contributed by atoms with van der Waals surface area (Å²) < 4.78 is 26.8. The highest BCUT2D eigenvalue weighted by Crippen LogP contribution is 2.30. The summed E-state index contributed by atoms with van der Waals surface area (Å²) in [6.07, 6.45) is 1.94. The highest BCUT2D eigenvalue weighted by atomic mass is 35.5. The first-order chi connectivity index (χ1) is 9.09. The predicted molar refractivity (Wildman–Crippen MR) is 82.0 cm³/mol. The largest absolute Gasteiger partial charge is 0.314 e. The maximum absolute atomic E-state index is 12.6.